The third-order valence-electron chi connectivity index (χ3n) is 17.6. The van der Waals surface area contributed by atoms with Crippen molar-refractivity contribution in [3.05, 3.63) is 24.3 Å². The van der Waals surface area contributed by atoms with E-state index in [1.165, 1.54) is 263 Å². The Hall–Kier alpha value is -1.86. The lowest BCUT2D eigenvalue weighted by molar-refractivity contribution is -0.305. The van der Waals surface area contributed by atoms with Gasteiger partial charge in [0.15, 0.2) is 12.4 Å². The van der Waals surface area contributed by atoms with E-state index < -0.39 is 67.4 Å². The summed E-state index contributed by atoms with van der Waals surface area (Å²) in [5, 5.41) is 57.3. The minimum absolute atomic E-state index is 0.127. The Morgan fingerprint density at radius 1 is 0.452 bits per heavy atom. The predicted octanol–water partition coefficient (Wildman–Crippen LogP) is 18.8. The van der Waals surface area contributed by atoms with Crippen LogP contribution in [0.1, 0.15) is 367 Å². The zero-order valence-corrected chi connectivity index (χ0v) is 55.3. The van der Waals surface area contributed by atoms with E-state index in [9.17, 15) is 35.1 Å². The Bertz CT molecular complexity index is 1460. The first kappa shape index (κ1) is 80.2. The second kappa shape index (κ2) is 61.4. The molecule has 1 fully saturated rings. The molecule has 0 bridgehead atoms. The highest BCUT2D eigenvalue weighted by atomic mass is 16.7. The van der Waals surface area contributed by atoms with E-state index >= 15 is 0 Å². The molecule has 11 nitrogen and oxygen atoms in total. The summed E-state index contributed by atoms with van der Waals surface area (Å²) in [6.45, 7) is 5.85. The van der Waals surface area contributed by atoms with Crippen LogP contribution in [-0.4, -0.2) is 99.6 Å². The normalized spacial score (nSPS) is 18.5. The summed E-state index contributed by atoms with van der Waals surface area (Å²) < 4.78 is 17.7. The monoisotopic (exact) mass is 1190 g/mol. The Labute approximate surface area is 518 Å². The van der Waals surface area contributed by atoms with Crippen LogP contribution in [0.25, 0.3) is 0 Å². The lowest BCUT2D eigenvalue weighted by Crippen LogP contribution is -2.61. The fourth-order valence-corrected chi connectivity index (χ4v) is 11.8. The first-order valence-corrected chi connectivity index (χ1v) is 36.6. The lowest BCUT2D eigenvalue weighted by atomic mass is 9.99. The van der Waals surface area contributed by atoms with Crippen molar-refractivity contribution in [2.45, 2.75) is 416 Å². The average molecular weight is 1190 g/mol. The van der Waals surface area contributed by atoms with Gasteiger partial charge in [0.2, 0.25) is 5.91 Å². The summed E-state index contributed by atoms with van der Waals surface area (Å²) in [6.07, 6.45) is 63.7. The van der Waals surface area contributed by atoms with Crippen LogP contribution in [0.2, 0.25) is 0 Å². The third-order valence-corrected chi connectivity index (χ3v) is 17.6. The number of carbonyl (C=O) groups excluding carboxylic acids is 2. The van der Waals surface area contributed by atoms with Crippen molar-refractivity contribution >= 4 is 11.9 Å². The highest BCUT2D eigenvalue weighted by molar-refractivity contribution is 5.80. The highest BCUT2D eigenvalue weighted by Crippen LogP contribution is 2.27. The van der Waals surface area contributed by atoms with Crippen molar-refractivity contribution in [2.75, 3.05) is 13.2 Å². The van der Waals surface area contributed by atoms with E-state index in [1.54, 1.807) is 6.08 Å². The smallest absolute Gasteiger partial charge is 0.306 e. The van der Waals surface area contributed by atoms with E-state index in [0.29, 0.717) is 19.3 Å². The van der Waals surface area contributed by atoms with Gasteiger partial charge in [-0.2, -0.15) is 0 Å². The maximum atomic E-state index is 13.5. The summed E-state index contributed by atoms with van der Waals surface area (Å²) in [7, 11) is 0. The van der Waals surface area contributed by atoms with Gasteiger partial charge in [-0.25, -0.2) is 0 Å². The van der Waals surface area contributed by atoms with Gasteiger partial charge in [0.05, 0.1) is 25.4 Å². The molecule has 8 unspecified atom stereocenters. The highest BCUT2D eigenvalue weighted by Gasteiger charge is 2.47. The van der Waals surface area contributed by atoms with Gasteiger partial charge in [-0.05, 0) is 51.4 Å². The minimum Gasteiger partial charge on any atom is -0.454 e. The largest absolute Gasteiger partial charge is 0.454 e. The number of rotatable bonds is 64. The van der Waals surface area contributed by atoms with Crippen molar-refractivity contribution in [3.8, 4) is 0 Å². The Morgan fingerprint density at radius 2 is 0.786 bits per heavy atom. The van der Waals surface area contributed by atoms with Crippen LogP contribution in [0.4, 0.5) is 0 Å². The van der Waals surface area contributed by atoms with Crippen LogP contribution in [0.3, 0.4) is 0 Å². The van der Waals surface area contributed by atoms with Gasteiger partial charge in [0, 0.05) is 6.42 Å². The number of esters is 1. The van der Waals surface area contributed by atoms with Crippen molar-refractivity contribution < 1.29 is 49.3 Å². The summed E-state index contributed by atoms with van der Waals surface area (Å²) >= 11 is 0. The Kier molecular flexibility index (Phi) is 58.6. The standard InChI is InChI=1S/C73H139NO10/c1-4-7-10-13-16-19-22-25-27-29-31-33-35-36-38-40-42-45-48-51-54-57-60-66(77)72(81)74-64(65(76)59-56-53-50-47-44-24-21-18-15-12-9-6-3)63-82-73-71(70(80)69(79)67(62-75)83-73)84-68(78)61-58-55-52-49-46-43-41-39-37-34-32-30-28-26-23-20-17-14-11-8-5-2/h26,28,56,59,64-67,69-71,73,75-77,79-80H,4-25,27,29-55,57-58,60-63H2,1-3H3,(H,74,81)/b28-26+,59-56+. The summed E-state index contributed by atoms with van der Waals surface area (Å²) in [5.74, 6) is -1.17. The number of nitrogens with one attached hydrogen (secondary N) is 1. The molecular formula is C73H139NO10. The molecule has 1 amide bonds. The Balaban J connectivity index is 2.55. The van der Waals surface area contributed by atoms with Crippen LogP contribution in [0.15, 0.2) is 24.3 Å². The van der Waals surface area contributed by atoms with Crippen molar-refractivity contribution in [2.24, 2.45) is 0 Å². The van der Waals surface area contributed by atoms with Crippen molar-refractivity contribution in [3.63, 3.8) is 0 Å². The molecule has 0 spiro atoms. The van der Waals surface area contributed by atoms with Gasteiger partial charge < -0.3 is 45.1 Å². The van der Waals surface area contributed by atoms with Crippen LogP contribution < -0.4 is 5.32 Å². The molecule has 1 saturated heterocycles. The van der Waals surface area contributed by atoms with Gasteiger partial charge in [-0.15, -0.1) is 0 Å². The maximum Gasteiger partial charge on any atom is 0.306 e. The number of allylic oxidation sites excluding steroid dienone is 3. The number of amides is 1. The van der Waals surface area contributed by atoms with E-state index in [1.807, 2.05) is 6.08 Å². The summed E-state index contributed by atoms with van der Waals surface area (Å²) in [6, 6.07) is -1.02. The number of aliphatic hydroxyl groups excluding tert-OH is 5. The van der Waals surface area contributed by atoms with Crippen molar-refractivity contribution in [1.82, 2.24) is 5.32 Å². The van der Waals surface area contributed by atoms with Gasteiger partial charge in [0.25, 0.3) is 0 Å². The maximum absolute atomic E-state index is 13.5. The molecule has 0 aromatic carbocycles. The number of hydrogen-bond acceptors (Lipinski definition) is 10. The molecule has 496 valence electrons. The first-order chi connectivity index (χ1) is 41.2. The molecule has 8 atom stereocenters. The van der Waals surface area contributed by atoms with E-state index in [4.69, 9.17) is 14.2 Å². The molecule has 11 heteroatoms. The zero-order chi connectivity index (χ0) is 61.0. The number of aliphatic hydroxyl groups is 5. The molecule has 0 aromatic heterocycles. The zero-order valence-electron chi connectivity index (χ0n) is 55.3. The number of unbranched alkanes of at least 4 members (excludes halogenated alkanes) is 48. The molecule has 1 rings (SSSR count). The van der Waals surface area contributed by atoms with Crippen molar-refractivity contribution in [1.29, 1.82) is 0 Å². The molecule has 0 aliphatic carbocycles. The van der Waals surface area contributed by atoms with E-state index in [2.05, 4.69) is 38.2 Å². The molecule has 84 heavy (non-hydrogen) atoms. The number of ether oxygens (including phenoxy) is 3. The average Bonchev–Trinajstić information content (AvgIpc) is 3.69. The second-order valence-corrected chi connectivity index (χ2v) is 25.7. The summed E-state index contributed by atoms with van der Waals surface area (Å²) in [5.41, 5.74) is 0. The summed E-state index contributed by atoms with van der Waals surface area (Å²) in [4.78, 5) is 26.7. The fraction of sp³-hybridized carbons (Fsp3) is 0.918. The predicted molar refractivity (Wildman–Crippen MR) is 352 cm³/mol. The quantitative estimate of drug-likeness (QED) is 0.0195. The van der Waals surface area contributed by atoms with Crippen LogP contribution in [0.5, 0.6) is 0 Å². The molecule has 0 saturated carbocycles. The van der Waals surface area contributed by atoms with Crippen LogP contribution in [-0.2, 0) is 23.8 Å². The van der Waals surface area contributed by atoms with E-state index in [-0.39, 0.29) is 13.0 Å². The first-order valence-electron chi connectivity index (χ1n) is 36.6. The molecule has 1 aliphatic heterocycles. The molecule has 0 radical (unpaired) electrons. The molecule has 0 aromatic rings. The van der Waals surface area contributed by atoms with E-state index in [0.717, 1.165) is 57.8 Å². The van der Waals surface area contributed by atoms with Crippen LogP contribution >= 0.6 is 0 Å². The third kappa shape index (κ3) is 48.1. The Morgan fingerprint density at radius 3 is 1.15 bits per heavy atom. The number of hydrogen-bond donors (Lipinski definition) is 6. The van der Waals surface area contributed by atoms with Gasteiger partial charge in [0.1, 0.15) is 24.4 Å². The van der Waals surface area contributed by atoms with Gasteiger partial charge >= 0.3 is 5.97 Å². The van der Waals surface area contributed by atoms with Gasteiger partial charge in [-0.3, -0.25) is 9.59 Å². The van der Waals surface area contributed by atoms with Gasteiger partial charge in [-0.1, -0.05) is 334 Å². The molecule has 1 aliphatic rings. The molecule has 6 N–H and O–H groups in total. The second-order valence-electron chi connectivity index (χ2n) is 25.7. The number of carbonyl (C=O) groups is 2. The SMILES string of the molecule is CCCCCCCC/C=C/CCCCCCCCCCCCCC(=O)OC1C(OCC(NC(=O)C(O)CCCCCCCCCCCCCCCCCCCCCCCC)C(O)/C=C/CCCCCCCCCCCC)OC(CO)C(O)C1O. The van der Waals surface area contributed by atoms with Crippen LogP contribution in [0, 0.1) is 0 Å². The topological polar surface area (TPSA) is 175 Å². The minimum atomic E-state index is -1.61. The molecular weight excluding hydrogens is 1050 g/mol. The molecule has 1 heterocycles. The fourth-order valence-electron chi connectivity index (χ4n) is 11.8. The lowest BCUT2D eigenvalue weighted by Gasteiger charge is -2.41.